The number of hydrogen-bond acceptors (Lipinski definition) is 6. The molecule has 0 aromatic heterocycles. The molecule has 2 aromatic carbocycles. The van der Waals surface area contributed by atoms with Gasteiger partial charge < -0.3 is 15.6 Å². The van der Waals surface area contributed by atoms with E-state index in [-0.39, 0.29) is 5.75 Å². The van der Waals surface area contributed by atoms with Crippen molar-refractivity contribution >= 4 is 23.3 Å². The standard InChI is InChI=1S/C18H24N4OS/c1-2-3-6-14(19)13-22(20)15-9-11-16(12-10-15)24-21-17-7-4-5-8-18(17)23/h4-5,7-13,21,23H,2-3,6,19-20H2,1H3/b14-13-. The van der Waals surface area contributed by atoms with Gasteiger partial charge in [-0.05, 0) is 61.2 Å². The number of unbranched alkanes of at least 4 members (excludes halogenated alkanes) is 1. The van der Waals surface area contributed by atoms with Crippen LogP contribution in [0.1, 0.15) is 26.2 Å². The molecule has 0 bridgehead atoms. The van der Waals surface area contributed by atoms with Gasteiger partial charge in [-0.3, -0.25) is 5.01 Å². The summed E-state index contributed by atoms with van der Waals surface area (Å²) in [4.78, 5) is 1.01. The average Bonchev–Trinajstić information content (AvgIpc) is 2.59. The van der Waals surface area contributed by atoms with E-state index in [9.17, 15) is 5.11 Å². The van der Waals surface area contributed by atoms with Crippen molar-refractivity contribution in [1.82, 2.24) is 0 Å². The molecule has 6 N–H and O–H groups in total. The molecule has 6 heteroatoms. The predicted octanol–water partition coefficient (Wildman–Crippen LogP) is 4.18. The first-order valence-corrected chi connectivity index (χ1v) is 8.73. The van der Waals surface area contributed by atoms with E-state index in [0.717, 1.165) is 35.5 Å². The monoisotopic (exact) mass is 344 g/mol. The SMILES string of the molecule is CCCC/C(N)=C/N(N)c1ccc(SNc2ccccc2O)cc1. The van der Waals surface area contributed by atoms with E-state index < -0.39 is 0 Å². The van der Waals surface area contributed by atoms with Gasteiger partial charge in [-0.2, -0.15) is 0 Å². The third kappa shape index (κ3) is 5.40. The molecule has 0 amide bonds. The maximum absolute atomic E-state index is 9.73. The number of aromatic hydroxyl groups is 1. The largest absolute Gasteiger partial charge is 0.506 e. The number of anilines is 2. The lowest BCUT2D eigenvalue weighted by atomic mass is 10.2. The van der Waals surface area contributed by atoms with Gasteiger partial charge in [0.15, 0.2) is 0 Å². The van der Waals surface area contributed by atoms with Crippen molar-refractivity contribution < 1.29 is 5.11 Å². The van der Waals surface area contributed by atoms with Crippen LogP contribution in [-0.4, -0.2) is 5.11 Å². The van der Waals surface area contributed by atoms with Gasteiger partial charge in [0.25, 0.3) is 0 Å². The third-order valence-electron chi connectivity index (χ3n) is 3.44. The van der Waals surface area contributed by atoms with Crippen molar-refractivity contribution in [3.05, 3.63) is 60.4 Å². The Morgan fingerprint density at radius 2 is 1.92 bits per heavy atom. The molecule has 0 aliphatic rings. The van der Waals surface area contributed by atoms with Gasteiger partial charge in [-0.1, -0.05) is 25.5 Å². The minimum atomic E-state index is 0.224. The maximum Gasteiger partial charge on any atom is 0.139 e. The normalized spacial score (nSPS) is 11.3. The Morgan fingerprint density at radius 3 is 2.58 bits per heavy atom. The minimum Gasteiger partial charge on any atom is -0.506 e. The molecular weight excluding hydrogens is 320 g/mol. The summed E-state index contributed by atoms with van der Waals surface area (Å²) in [6, 6.07) is 14.9. The average molecular weight is 344 g/mol. The van der Waals surface area contributed by atoms with Crippen molar-refractivity contribution in [2.45, 2.75) is 31.1 Å². The van der Waals surface area contributed by atoms with Gasteiger partial charge in [-0.25, -0.2) is 5.84 Å². The third-order valence-corrected chi connectivity index (χ3v) is 4.27. The molecule has 0 aliphatic carbocycles. The molecule has 0 saturated carbocycles. The van der Waals surface area contributed by atoms with E-state index in [1.807, 2.05) is 36.4 Å². The van der Waals surface area contributed by atoms with Gasteiger partial charge >= 0.3 is 0 Å². The Labute approximate surface area is 147 Å². The van der Waals surface area contributed by atoms with E-state index in [2.05, 4.69) is 11.6 Å². The summed E-state index contributed by atoms with van der Waals surface area (Å²) in [6.45, 7) is 2.13. The number of phenolic OH excluding ortho intramolecular Hbond substituents is 1. The number of para-hydroxylation sites is 2. The Bertz CT molecular complexity index is 673. The van der Waals surface area contributed by atoms with Crippen LogP contribution in [0.3, 0.4) is 0 Å². The zero-order valence-electron chi connectivity index (χ0n) is 13.8. The Kier molecular flexibility index (Phi) is 6.84. The number of hydrazine groups is 1. The fraction of sp³-hybridized carbons (Fsp3) is 0.222. The maximum atomic E-state index is 9.73. The second-order valence-corrected chi connectivity index (χ2v) is 6.31. The fourth-order valence-electron chi connectivity index (χ4n) is 2.06. The summed E-state index contributed by atoms with van der Waals surface area (Å²) in [5.41, 5.74) is 8.27. The molecule has 128 valence electrons. The number of rotatable bonds is 8. The molecule has 0 heterocycles. The van der Waals surface area contributed by atoms with Gasteiger partial charge in [-0.15, -0.1) is 0 Å². The van der Waals surface area contributed by atoms with E-state index >= 15 is 0 Å². The zero-order valence-corrected chi connectivity index (χ0v) is 14.6. The fourth-order valence-corrected chi connectivity index (χ4v) is 2.73. The van der Waals surface area contributed by atoms with Crippen molar-refractivity contribution in [3.8, 4) is 5.75 Å². The van der Waals surface area contributed by atoms with Crippen LogP contribution in [0.25, 0.3) is 0 Å². The highest BCUT2D eigenvalue weighted by atomic mass is 32.2. The smallest absolute Gasteiger partial charge is 0.139 e. The lowest BCUT2D eigenvalue weighted by molar-refractivity contribution is 0.478. The number of phenols is 1. The summed E-state index contributed by atoms with van der Waals surface area (Å²) in [5, 5.41) is 11.3. The quantitative estimate of drug-likeness (QED) is 0.249. The van der Waals surface area contributed by atoms with E-state index in [1.165, 1.54) is 17.0 Å². The van der Waals surface area contributed by atoms with Crippen molar-refractivity contribution in [3.63, 3.8) is 0 Å². The zero-order chi connectivity index (χ0) is 17.4. The van der Waals surface area contributed by atoms with Crippen LogP contribution in [-0.2, 0) is 0 Å². The van der Waals surface area contributed by atoms with Crippen LogP contribution in [0, 0.1) is 0 Å². The van der Waals surface area contributed by atoms with Crippen LogP contribution in [0.2, 0.25) is 0 Å². The summed E-state index contributed by atoms with van der Waals surface area (Å²) < 4.78 is 3.12. The number of nitrogens with two attached hydrogens (primary N) is 2. The molecule has 2 aromatic rings. The lowest BCUT2D eigenvalue weighted by Gasteiger charge is -2.15. The Hall–Kier alpha value is -2.31. The molecule has 0 unspecified atom stereocenters. The molecule has 5 nitrogen and oxygen atoms in total. The highest BCUT2D eigenvalue weighted by Gasteiger charge is 2.03. The van der Waals surface area contributed by atoms with Crippen molar-refractivity contribution in [1.29, 1.82) is 0 Å². The first kappa shape index (κ1) is 18.0. The molecule has 0 aliphatic heterocycles. The topological polar surface area (TPSA) is 87.5 Å². The summed E-state index contributed by atoms with van der Waals surface area (Å²) in [7, 11) is 0. The molecule has 24 heavy (non-hydrogen) atoms. The molecule has 2 rings (SSSR count). The summed E-state index contributed by atoms with van der Waals surface area (Å²) >= 11 is 1.42. The van der Waals surface area contributed by atoms with Crippen LogP contribution in [0.4, 0.5) is 11.4 Å². The lowest BCUT2D eigenvalue weighted by Crippen LogP contribution is -2.25. The van der Waals surface area contributed by atoms with E-state index in [0.29, 0.717) is 5.69 Å². The Morgan fingerprint density at radius 1 is 1.21 bits per heavy atom. The second kappa shape index (κ2) is 9.10. The summed E-state index contributed by atoms with van der Waals surface area (Å²) in [5.74, 6) is 6.25. The number of benzene rings is 2. The van der Waals surface area contributed by atoms with Gasteiger partial charge in [0.2, 0.25) is 0 Å². The van der Waals surface area contributed by atoms with Crippen molar-refractivity contribution in [2.24, 2.45) is 11.6 Å². The van der Waals surface area contributed by atoms with Gasteiger partial charge in [0.1, 0.15) is 5.75 Å². The number of hydrogen-bond donors (Lipinski definition) is 4. The highest BCUT2D eigenvalue weighted by molar-refractivity contribution is 8.00. The second-order valence-electron chi connectivity index (χ2n) is 5.43. The van der Waals surface area contributed by atoms with Crippen molar-refractivity contribution in [2.75, 3.05) is 9.73 Å². The molecule has 0 atom stereocenters. The molecule has 0 fully saturated rings. The van der Waals surface area contributed by atoms with Crippen LogP contribution in [0.15, 0.2) is 65.3 Å². The number of allylic oxidation sites excluding steroid dienone is 1. The summed E-state index contributed by atoms with van der Waals surface area (Å²) in [6.07, 6.45) is 4.78. The minimum absolute atomic E-state index is 0.224. The molecule has 0 saturated heterocycles. The first-order chi connectivity index (χ1) is 11.6. The van der Waals surface area contributed by atoms with Gasteiger partial charge in [0.05, 0.1) is 11.4 Å². The van der Waals surface area contributed by atoms with E-state index in [1.54, 1.807) is 18.3 Å². The van der Waals surface area contributed by atoms with Crippen LogP contribution >= 0.6 is 11.9 Å². The first-order valence-electron chi connectivity index (χ1n) is 7.91. The number of nitrogens with zero attached hydrogens (tertiary/aromatic N) is 1. The Balaban J connectivity index is 1.94. The number of nitrogens with one attached hydrogen (secondary N) is 1. The molecule has 0 spiro atoms. The highest BCUT2D eigenvalue weighted by Crippen LogP contribution is 2.28. The molecule has 0 radical (unpaired) electrons. The van der Waals surface area contributed by atoms with Crippen LogP contribution in [0.5, 0.6) is 5.75 Å². The van der Waals surface area contributed by atoms with Gasteiger partial charge in [0, 0.05) is 16.8 Å². The van der Waals surface area contributed by atoms with E-state index in [4.69, 9.17) is 11.6 Å². The predicted molar refractivity (Wildman–Crippen MR) is 102 cm³/mol. The molecular formula is C18H24N4OS. The van der Waals surface area contributed by atoms with Crippen LogP contribution < -0.4 is 21.3 Å².